The Labute approximate surface area is 90.8 Å². The summed E-state index contributed by atoms with van der Waals surface area (Å²) >= 11 is 0. The van der Waals surface area contributed by atoms with Gasteiger partial charge in [-0.05, 0) is 12.8 Å². The molecule has 2 aliphatic rings. The molecule has 0 atom stereocenters. The number of hydrogen-bond donors (Lipinski definition) is 1. The monoisotopic (exact) mass is 234 g/mol. The summed E-state index contributed by atoms with van der Waals surface area (Å²) in [5.74, 6) is 0.128. The fourth-order valence-corrected chi connectivity index (χ4v) is 3.18. The van der Waals surface area contributed by atoms with Gasteiger partial charge < -0.3 is 10.1 Å². The summed E-state index contributed by atoms with van der Waals surface area (Å²) in [5.41, 5.74) is 0. The molecular weight excluding hydrogens is 216 g/mol. The quantitative estimate of drug-likeness (QED) is 0.690. The minimum atomic E-state index is -3.05. The molecular formula is C9H18N2O3S. The minimum absolute atomic E-state index is 0.128. The molecule has 0 aromatic heterocycles. The van der Waals surface area contributed by atoms with Crippen LogP contribution in [0.3, 0.4) is 0 Å². The summed E-state index contributed by atoms with van der Waals surface area (Å²) in [6.45, 7) is 3.40. The van der Waals surface area contributed by atoms with E-state index in [2.05, 4.69) is 5.32 Å². The molecule has 15 heavy (non-hydrogen) atoms. The summed E-state index contributed by atoms with van der Waals surface area (Å²) in [6.07, 6.45) is 2.21. The molecule has 6 heteroatoms. The molecule has 2 rings (SSSR count). The van der Waals surface area contributed by atoms with E-state index in [0.29, 0.717) is 19.7 Å². The van der Waals surface area contributed by atoms with Gasteiger partial charge in [0.1, 0.15) is 0 Å². The average molecular weight is 234 g/mol. The lowest BCUT2D eigenvalue weighted by Crippen LogP contribution is -2.49. The Morgan fingerprint density at radius 2 is 1.93 bits per heavy atom. The van der Waals surface area contributed by atoms with Crippen molar-refractivity contribution in [1.82, 2.24) is 9.62 Å². The number of nitrogens with zero attached hydrogens (tertiary/aromatic N) is 1. The van der Waals surface area contributed by atoms with Gasteiger partial charge in [0, 0.05) is 26.2 Å². The molecule has 2 fully saturated rings. The van der Waals surface area contributed by atoms with Crippen LogP contribution in [0.15, 0.2) is 0 Å². The van der Waals surface area contributed by atoms with E-state index in [1.807, 2.05) is 0 Å². The molecule has 5 nitrogen and oxygen atoms in total. The first kappa shape index (κ1) is 11.3. The van der Waals surface area contributed by atoms with Gasteiger partial charge in [-0.2, -0.15) is 0 Å². The Morgan fingerprint density at radius 3 is 2.47 bits per heavy atom. The largest absolute Gasteiger partial charge is 0.374 e. The third-order valence-corrected chi connectivity index (χ3v) is 4.73. The zero-order chi connectivity index (χ0) is 10.7. The lowest BCUT2D eigenvalue weighted by Gasteiger charge is -2.27. The van der Waals surface area contributed by atoms with E-state index < -0.39 is 10.0 Å². The van der Waals surface area contributed by atoms with Crippen LogP contribution in [0.25, 0.3) is 0 Å². The summed E-state index contributed by atoms with van der Waals surface area (Å²) in [5, 5.41) is 3.08. The molecule has 0 amide bonds. The van der Waals surface area contributed by atoms with E-state index in [-0.39, 0.29) is 11.9 Å². The minimum Gasteiger partial charge on any atom is -0.374 e. The maximum Gasteiger partial charge on any atom is 0.216 e. The van der Waals surface area contributed by atoms with Gasteiger partial charge in [0.25, 0.3) is 0 Å². The second-order valence-electron chi connectivity index (χ2n) is 4.07. The second kappa shape index (κ2) is 4.78. The van der Waals surface area contributed by atoms with Gasteiger partial charge in [-0.3, -0.25) is 0 Å². The van der Waals surface area contributed by atoms with Gasteiger partial charge in [-0.25, -0.2) is 12.7 Å². The van der Waals surface area contributed by atoms with Gasteiger partial charge in [-0.1, -0.05) is 0 Å². The third-order valence-electron chi connectivity index (χ3n) is 2.90. The highest BCUT2D eigenvalue weighted by Crippen LogP contribution is 2.13. The molecule has 88 valence electrons. The SMILES string of the molecule is O=S(=O)(CCOC1CNC1)N1CCCC1. The first-order valence-corrected chi connectivity index (χ1v) is 7.09. The molecule has 2 aliphatic heterocycles. The van der Waals surface area contributed by atoms with Crippen LogP contribution in [0, 0.1) is 0 Å². The first-order valence-electron chi connectivity index (χ1n) is 5.49. The third kappa shape index (κ3) is 2.90. The normalized spacial score (nSPS) is 24.3. The van der Waals surface area contributed by atoms with Crippen LogP contribution in [-0.2, 0) is 14.8 Å². The molecule has 0 saturated carbocycles. The van der Waals surface area contributed by atoms with E-state index in [0.717, 1.165) is 25.9 Å². The Kier molecular flexibility index (Phi) is 3.60. The second-order valence-corrected chi connectivity index (χ2v) is 6.16. The van der Waals surface area contributed by atoms with E-state index in [1.54, 1.807) is 4.31 Å². The summed E-state index contributed by atoms with van der Waals surface area (Å²) in [4.78, 5) is 0. The first-order chi connectivity index (χ1) is 7.18. The maximum atomic E-state index is 11.8. The van der Waals surface area contributed by atoms with Gasteiger partial charge in [0.15, 0.2) is 0 Å². The predicted octanol–water partition coefficient (Wildman–Crippen LogP) is -0.600. The van der Waals surface area contributed by atoms with E-state index in [9.17, 15) is 8.42 Å². The summed E-state index contributed by atoms with van der Waals surface area (Å²) < 4.78 is 30.5. The fraction of sp³-hybridized carbons (Fsp3) is 1.00. The van der Waals surface area contributed by atoms with Crippen molar-refractivity contribution in [3.8, 4) is 0 Å². The van der Waals surface area contributed by atoms with Crippen molar-refractivity contribution in [2.75, 3.05) is 38.5 Å². The topological polar surface area (TPSA) is 58.6 Å². The molecule has 0 aromatic carbocycles. The zero-order valence-corrected chi connectivity index (χ0v) is 9.63. The van der Waals surface area contributed by atoms with Crippen molar-refractivity contribution in [3.05, 3.63) is 0 Å². The fourth-order valence-electron chi connectivity index (χ4n) is 1.80. The Morgan fingerprint density at radius 1 is 1.27 bits per heavy atom. The highest BCUT2D eigenvalue weighted by molar-refractivity contribution is 7.89. The van der Waals surface area contributed by atoms with Gasteiger partial charge in [-0.15, -0.1) is 0 Å². The summed E-state index contributed by atoms with van der Waals surface area (Å²) in [6, 6.07) is 0. The molecule has 0 aliphatic carbocycles. The lowest BCUT2D eigenvalue weighted by molar-refractivity contribution is 0.0278. The van der Waals surface area contributed by atoms with E-state index >= 15 is 0 Å². The molecule has 0 aromatic rings. The van der Waals surface area contributed by atoms with Crippen LogP contribution in [0.1, 0.15) is 12.8 Å². The molecule has 0 spiro atoms. The van der Waals surface area contributed by atoms with Crippen LogP contribution >= 0.6 is 0 Å². The van der Waals surface area contributed by atoms with Crippen LogP contribution < -0.4 is 5.32 Å². The van der Waals surface area contributed by atoms with Crippen molar-refractivity contribution in [3.63, 3.8) is 0 Å². The van der Waals surface area contributed by atoms with Crippen LogP contribution in [0.5, 0.6) is 0 Å². The average Bonchev–Trinajstić information content (AvgIpc) is 2.62. The maximum absolute atomic E-state index is 11.8. The van der Waals surface area contributed by atoms with Crippen molar-refractivity contribution in [2.24, 2.45) is 0 Å². The van der Waals surface area contributed by atoms with Crippen molar-refractivity contribution in [1.29, 1.82) is 0 Å². The number of rotatable bonds is 5. The number of hydrogen-bond acceptors (Lipinski definition) is 4. The highest BCUT2D eigenvalue weighted by atomic mass is 32.2. The van der Waals surface area contributed by atoms with Crippen molar-refractivity contribution in [2.45, 2.75) is 18.9 Å². The molecule has 2 saturated heterocycles. The lowest BCUT2D eigenvalue weighted by atomic mass is 10.2. The molecule has 0 radical (unpaired) electrons. The Bertz CT molecular complexity index is 294. The van der Waals surface area contributed by atoms with Gasteiger partial charge >= 0.3 is 0 Å². The predicted molar refractivity (Wildman–Crippen MR) is 57.2 cm³/mol. The van der Waals surface area contributed by atoms with Crippen LogP contribution in [0.2, 0.25) is 0 Å². The number of sulfonamides is 1. The molecule has 0 bridgehead atoms. The molecule has 1 N–H and O–H groups in total. The van der Waals surface area contributed by atoms with Gasteiger partial charge in [0.2, 0.25) is 10.0 Å². The highest BCUT2D eigenvalue weighted by Gasteiger charge is 2.25. The van der Waals surface area contributed by atoms with Crippen LogP contribution in [0.4, 0.5) is 0 Å². The van der Waals surface area contributed by atoms with Crippen LogP contribution in [-0.4, -0.2) is 57.4 Å². The Balaban J connectivity index is 1.71. The van der Waals surface area contributed by atoms with E-state index in [1.165, 1.54) is 0 Å². The standard InChI is InChI=1S/C9H18N2O3S/c12-15(13,11-3-1-2-4-11)6-5-14-9-7-10-8-9/h9-10H,1-8H2. The summed E-state index contributed by atoms with van der Waals surface area (Å²) in [7, 11) is -3.05. The number of ether oxygens (including phenoxy) is 1. The van der Waals surface area contributed by atoms with Crippen molar-refractivity contribution >= 4 is 10.0 Å². The van der Waals surface area contributed by atoms with Crippen molar-refractivity contribution < 1.29 is 13.2 Å². The van der Waals surface area contributed by atoms with Gasteiger partial charge in [0.05, 0.1) is 18.5 Å². The van der Waals surface area contributed by atoms with E-state index in [4.69, 9.17) is 4.74 Å². The number of nitrogens with one attached hydrogen (secondary N) is 1. The molecule has 2 heterocycles. The zero-order valence-electron chi connectivity index (χ0n) is 8.81. The molecule has 0 unspecified atom stereocenters. The Hall–Kier alpha value is -0.170. The smallest absolute Gasteiger partial charge is 0.216 e.